The molecule has 2 N–H and O–H groups in total. The molecule has 2 aromatic rings. The Morgan fingerprint density at radius 3 is 1.88 bits per heavy atom. The molecular weight excluding hydrogens is 421 g/mol. The lowest BCUT2D eigenvalue weighted by molar-refractivity contribution is 0.270. The van der Waals surface area contributed by atoms with Crippen molar-refractivity contribution in [2.24, 2.45) is 0 Å². The number of aryl methyl sites for hydroxylation is 1. The summed E-state index contributed by atoms with van der Waals surface area (Å²) in [5, 5.41) is 14.5. The van der Waals surface area contributed by atoms with Crippen LogP contribution in [0.25, 0.3) is 0 Å². The third-order valence-electron chi connectivity index (χ3n) is 5.80. The van der Waals surface area contributed by atoms with Crippen molar-refractivity contribution in [1.82, 2.24) is 5.32 Å². The molecule has 0 saturated carbocycles. The van der Waals surface area contributed by atoms with E-state index in [1.807, 2.05) is 18.2 Å². The molecule has 0 radical (unpaired) electrons. The first-order valence-corrected chi connectivity index (χ1v) is 12.9. The summed E-state index contributed by atoms with van der Waals surface area (Å²) in [5.41, 5.74) is 3.68. The van der Waals surface area contributed by atoms with Gasteiger partial charge < -0.3 is 14.2 Å². The van der Waals surface area contributed by atoms with Crippen molar-refractivity contribution in [1.29, 1.82) is 0 Å². The highest BCUT2D eigenvalue weighted by molar-refractivity contribution is 7.53. The second kappa shape index (κ2) is 10.5. The molecule has 0 bridgehead atoms. The fourth-order valence-electron chi connectivity index (χ4n) is 3.77. The number of phenols is 1. The number of hydrogen-bond acceptors (Lipinski definition) is 5. The predicted molar refractivity (Wildman–Crippen MR) is 133 cm³/mol. The second-order valence-electron chi connectivity index (χ2n) is 10.4. The number of rotatable bonds is 9. The van der Waals surface area contributed by atoms with Crippen molar-refractivity contribution in [3.8, 4) is 5.75 Å². The first kappa shape index (κ1) is 26.6. The van der Waals surface area contributed by atoms with Crippen LogP contribution in [0.5, 0.6) is 5.75 Å². The topological polar surface area (TPSA) is 67.8 Å². The van der Waals surface area contributed by atoms with E-state index in [0.717, 1.165) is 29.5 Å². The molecule has 1 unspecified atom stereocenters. The van der Waals surface area contributed by atoms with Gasteiger partial charge in [-0.25, -0.2) is 0 Å². The highest BCUT2D eigenvalue weighted by Gasteiger charge is 2.29. The van der Waals surface area contributed by atoms with Crippen LogP contribution in [0.3, 0.4) is 0 Å². The molecule has 1 atom stereocenters. The lowest BCUT2D eigenvalue weighted by atomic mass is 9.77. The normalized spacial score (nSPS) is 13.9. The van der Waals surface area contributed by atoms with E-state index in [-0.39, 0.29) is 23.2 Å². The SMILES string of the molecule is COP(=O)(CNC(CCc1ccccc1)c1cc(C(C)(C)C)c(O)c(C(C)(C)C)c1)OC. The standard InChI is InChI=1S/C26H40NO4P/c1-25(2,3)21-16-20(17-22(24(21)28)26(4,5)6)23(27-18-32(29,30-7)31-8)15-14-19-12-10-9-11-13-19/h9-13,16-17,23,27-28H,14-15,18H2,1-8H3. The molecule has 32 heavy (non-hydrogen) atoms. The summed E-state index contributed by atoms with van der Waals surface area (Å²) in [5.74, 6) is 0.356. The Bertz CT molecular complexity index is 886. The molecule has 0 aromatic heterocycles. The molecule has 178 valence electrons. The van der Waals surface area contributed by atoms with Gasteiger partial charge in [0.15, 0.2) is 0 Å². The minimum absolute atomic E-state index is 0.0865. The van der Waals surface area contributed by atoms with Crippen molar-refractivity contribution in [2.75, 3.05) is 20.5 Å². The lowest BCUT2D eigenvalue weighted by Crippen LogP contribution is -2.26. The molecule has 0 aliphatic rings. The molecule has 0 heterocycles. The Morgan fingerprint density at radius 1 is 0.938 bits per heavy atom. The molecule has 0 aliphatic carbocycles. The summed E-state index contributed by atoms with van der Waals surface area (Å²) in [6.45, 7) is 12.6. The summed E-state index contributed by atoms with van der Waals surface area (Å²) >= 11 is 0. The molecule has 0 saturated heterocycles. The highest BCUT2D eigenvalue weighted by Crippen LogP contribution is 2.46. The summed E-state index contributed by atoms with van der Waals surface area (Å²) in [7, 11) is -0.403. The van der Waals surface area contributed by atoms with E-state index < -0.39 is 7.60 Å². The molecule has 0 spiro atoms. The molecule has 2 aromatic carbocycles. The van der Waals surface area contributed by atoms with Crippen molar-refractivity contribution in [3.63, 3.8) is 0 Å². The van der Waals surface area contributed by atoms with E-state index in [0.29, 0.717) is 5.75 Å². The third kappa shape index (κ3) is 6.92. The van der Waals surface area contributed by atoms with E-state index in [2.05, 4.69) is 71.1 Å². The Kier molecular flexibility index (Phi) is 8.75. The molecule has 6 heteroatoms. The van der Waals surface area contributed by atoms with Crippen LogP contribution in [0.1, 0.15) is 76.3 Å². The zero-order valence-electron chi connectivity index (χ0n) is 20.9. The van der Waals surface area contributed by atoms with E-state index >= 15 is 0 Å². The smallest absolute Gasteiger partial charge is 0.343 e. The maximum Gasteiger partial charge on any atom is 0.343 e. The van der Waals surface area contributed by atoms with Gasteiger partial charge in [0, 0.05) is 20.3 Å². The molecule has 2 rings (SSSR count). The maximum absolute atomic E-state index is 12.7. The van der Waals surface area contributed by atoms with Crippen LogP contribution >= 0.6 is 7.60 Å². The third-order valence-corrected chi connectivity index (χ3v) is 7.49. The van der Waals surface area contributed by atoms with Gasteiger partial charge in [-0.2, -0.15) is 0 Å². The van der Waals surface area contributed by atoms with Gasteiger partial charge in [-0.1, -0.05) is 71.9 Å². The van der Waals surface area contributed by atoms with Crippen LogP contribution < -0.4 is 5.32 Å². The molecule has 0 fully saturated rings. The van der Waals surface area contributed by atoms with E-state index in [1.54, 1.807) is 0 Å². The summed E-state index contributed by atoms with van der Waals surface area (Å²) in [6, 6.07) is 14.4. The van der Waals surface area contributed by atoms with Crippen LogP contribution in [-0.4, -0.2) is 25.6 Å². The van der Waals surface area contributed by atoms with Crippen molar-refractivity contribution in [2.45, 2.75) is 71.3 Å². The zero-order chi connectivity index (χ0) is 24.2. The monoisotopic (exact) mass is 461 g/mol. The maximum atomic E-state index is 12.7. The number of benzene rings is 2. The fourth-order valence-corrected chi connectivity index (χ4v) is 4.62. The Balaban J connectivity index is 2.51. The zero-order valence-corrected chi connectivity index (χ0v) is 21.8. The Morgan fingerprint density at radius 2 is 1.44 bits per heavy atom. The van der Waals surface area contributed by atoms with Gasteiger partial charge in [0.1, 0.15) is 5.75 Å². The van der Waals surface area contributed by atoms with E-state index in [1.165, 1.54) is 19.8 Å². The summed E-state index contributed by atoms with van der Waals surface area (Å²) < 4.78 is 23.0. The minimum Gasteiger partial charge on any atom is -0.507 e. The van der Waals surface area contributed by atoms with E-state index in [9.17, 15) is 9.67 Å². The molecule has 0 amide bonds. The van der Waals surface area contributed by atoms with E-state index in [4.69, 9.17) is 9.05 Å². The fraction of sp³-hybridized carbons (Fsp3) is 0.538. The van der Waals surface area contributed by atoms with Gasteiger partial charge in [-0.15, -0.1) is 0 Å². The predicted octanol–water partition coefficient (Wildman–Crippen LogP) is 6.69. The van der Waals surface area contributed by atoms with Gasteiger partial charge in [0.25, 0.3) is 0 Å². The minimum atomic E-state index is -3.21. The van der Waals surface area contributed by atoms with Crippen LogP contribution in [0.2, 0.25) is 0 Å². The van der Waals surface area contributed by atoms with Gasteiger partial charge in [-0.05, 0) is 58.1 Å². The molecule has 5 nitrogen and oxygen atoms in total. The first-order chi connectivity index (χ1) is 14.8. The first-order valence-electron chi connectivity index (χ1n) is 11.2. The van der Waals surface area contributed by atoms with Crippen LogP contribution in [0.15, 0.2) is 42.5 Å². The molecule has 0 aliphatic heterocycles. The van der Waals surface area contributed by atoms with Gasteiger partial charge in [0.2, 0.25) is 0 Å². The van der Waals surface area contributed by atoms with Crippen LogP contribution in [0, 0.1) is 0 Å². The lowest BCUT2D eigenvalue weighted by Gasteiger charge is -2.30. The highest BCUT2D eigenvalue weighted by atomic mass is 31.2. The van der Waals surface area contributed by atoms with Gasteiger partial charge in [0.05, 0.1) is 6.29 Å². The van der Waals surface area contributed by atoms with Crippen molar-refractivity contribution < 1.29 is 18.7 Å². The summed E-state index contributed by atoms with van der Waals surface area (Å²) in [4.78, 5) is 0. The number of hydrogen-bond donors (Lipinski definition) is 2. The quantitative estimate of drug-likeness (QED) is 0.407. The van der Waals surface area contributed by atoms with Crippen LogP contribution in [-0.2, 0) is 30.9 Å². The Hall–Kier alpha value is -1.65. The van der Waals surface area contributed by atoms with Gasteiger partial charge in [-0.3, -0.25) is 9.88 Å². The number of aromatic hydroxyl groups is 1. The van der Waals surface area contributed by atoms with Crippen LogP contribution in [0.4, 0.5) is 0 Å². The van der Waals surface area contributed by atoms with Crippen molar-refractivity contribution >= 4 is 7.60 Å². The van der Waals surface area contributed by atoms with Crippen molar-refractivity contribution in [3.05, 3.63) is 64.7 Å². The largest absolute Gasteiger partial charge is 0.507 e. The molecular formula is C26H40NO4P. The second-order valence-corrected chi connectivity index (χ2v) is 12.6. The summed E-state index contributed by atoms with van der Waals surface area (Å²) in [6.07, 6.45) is 1.77. The average molecular weight is 462 g/mol. The van der Waals surface area contributed by atoms with Gasteiger partial charge >= 0.3 is 7.60 Å². The average Bonchev–Trinajstić information content (AvgIpc) is 2.73. The Labute approximate surface area is 194 Å². The number of phenolic OH excluding ortho intramolecular Hbond substituents is 1. The number of nitrogens with one attached hydrogen (secondary N) is 1.